The second-order valence-electron chi connectivity index (χ2n) is 9.89. The number of rotatable bonds is 5. The van der Waals surface area contributed by atoms with Gasteiger partial charge in [0.05, 0.1) is 29.0 Å². The third-order valence-electron chi connectivity index (χ3n) is 7.51. The summed E-state index contributed by atoms with van der Waals surface area (Å²) in [4.78, 5) is 32.3. The predicted molar refractivity (Wildman–Crippen MR) is 160 cm³/mol. The summed E-state index contributed by atoms with van der Waals surface area (Å²) in [5, 5.41) is 2.37. The van der Waals surface area contributed by atoms with Crippen LogP contribution in [0.25, 0.3) is 22.5 Å². The monoisotopic (exact) mass is 547 g/mol. The van der Waals surface area contributed by atoms with Gasteiger partial charge in [-0.15, -0.1) is 0 Å². The van der Waals surface area contributed by atoms with Crippen LogP contribution in [0.4, 0.5) is 0 Å². The number of aromatic nitrogens is 2. The van der Waals surface area contributed by atoms with Gasteiger partial charge in [0, 0.05) is 17.1 Å². The third kappa shape index (κ3) is 4.23. The fraction of sp³-hybridized carbons (Fsp3) is 0.182. The molecule has 0 amide bonds. The van der Waals surface area contributed by atoms with Crippen molar-refractivity contribution in [1.29, 1.82) is 0 Å². The molecular weight excluding hydrogens is 518 g/mol. The molecule has 1 aliphatic heterocycles. The van der Waals surface area contributed by atoms with Gasteiger partial charge in [-0.3, -0.25) is 9.36 Å². The molecular formula is C33H29N3O3S. The first-order valence-electron chi connectivity index (χ1n) is 13.3. The number of hydrogen-bond donors (Lipinski definition) is 0. The highest BCUT2D eigenvalue weighted by molar-refractivity contribution is 7.07. The minimum atomic E-state index is -0.605. The lowest BCUT2D eigenvalue weighted by Crippen LogP contribution is -2.40. The highest BCUT2D eigenvalue weighted by atomic mass is 32.1. The molecule has 0 fully saturated rings. The molecule has 5 aromatic rings. The van der Waals surface area contributed by atoms with Gasteiger partial charge in [-0.05, 0) is 66.4 Å². The van der Waals surface area contributed by atoms with E-state index in [0.717, 1.165) is 28.2 Å². The molecule has 1 atom stereocenters. The Morgan fingerprint density at radius 2 is 1.73 bits per heavy atom. The maximum absolute atomic E-state index is 14.0. The number of hydrogen-bond acceptors (Lipinski definition) is 5. The van der Waals surface area contributed by atoms with Gasteiger partial charge in [0.25, 0.3) is 5.56 Å². The van der Waals surface area contributed by atoms with Gasteiger partial charge in [-0.2, -0.15) is 0 Å². The topological polar surface area (TPSA) is 65.6 Å². The normalized spacial score (nSPS) is 15.3. The standard InChI is InChI=1S/C33H29N3O3S/c1-5-27-29(32(38)39-4)30(23-12-7-6-8-13-23)36-31(37)28(40-33(36)34-27)19-25-17-20(2)35(21(25)3)26-16-15-22-11-9-10-14-24(22)18-26/h6-19,30H,5H2,1-4H3/b28-19-/t30-/m0/s1. The van der Waals surface area contributed by atoms with Gasteiger partial charge in [-0.1, -0.05) is 78.9 Å². The van der Waals surface area contributed by atoms with Gasteiger partial charge >= 0.3 is 5.97 Å². The molecule has 2 aromatic heterocycles. The largest absolute Gasteiger partial charge is 0.466 e. The van der Waals surface area contributed by atoms with E-state index in [9.17, 15) is 9.59 Å². The van der Waals surface area contributed by atoms with E-state index in [1.807, 2.05) is 55.5 Å². The number of carbonyl (C=O) groups excluding carboxylic acids is 1. The van der Waals surface area contributed by atoms with Crippen molar-refractivity contribution in [3.63, 3.8) is 0 Å². The van der Waals surface area contributed by atoms with Crippen LogP contribution >= 0.6 is 11.3 Å². The van der Waals surface area contributed by atoms with Gasteiger partial charge in [0.15, 0.2) is 4.80 Å². The molecule has 0 spiro atoms. The molecule has 0 bridgehead atoms. The lowest BCUT2D eigenvalue weighted by molar-refractivity contribution is -0.136. The van der Waals surface area contributed by atoms with Crippen molar-refractivity contribution >= 4 is 34.2 Å². The molecule has 3 aromatic carbocycles. The molecule has 0 saturated heterocycles. The Hall–Kier alpha value is -4.49. The van der Waals surface area contributed by atoms with Gasteiger partial charge in [0.2, 0.25) is 0 Å². The minimum absolute atomic E-state index is 0.176. The molecule has 1 aliphatic rings. The predicted octanol–water partition coefficient (Wildman–Crippen LogP) is 5.36. The number of allylic oxidation sites excluding steroid dienone is 1. The number of aryl methyl sites for hydroxylation is 1. The fourth-order valence-electron chi connectivity index (χ4n) is 5.60. The van der Waals surface area contributed by atoms with E-state index in [-0.39, 0.29) is 5.56 Å². The molecule has 0 unspecified atom stereocenters. The van der Waals surface area contributed by atoms with Crippen molar-refractivity contribution < 1.29 is 9.53 Å². The Morgan fingerprint density at radius 1 is 1.00 bits per heavy atom. The number of esters is 1. The van der Waals surface area contributed by atoms with Crippen LogP contribution in [0.15, 0.2) is 99.9 Å². The summed E-state index contributed by atoms with van der Waals surface area (Å²) in [6.07, 6.45) is 2.49. The number of carbonyl (C=O) groups is 1. The SMILES string of the molecule is CCC1=C(C(=O)OC)[C@H](c2ccccc2)n2c(s/c(=C\c3cc(C)n(-c4ccc5ccccc5c4)c3C)c2=O)=N1. The Morgan fingerprint density at radius 3 is 2.45 bits per heavy atom. The molecule has 0 aliphatic carbocycles. The first-order valence-corrected chi connectivity index (χ1v) is 14.1. The summed E-state index contributed by atoms with van der Waals surface area (Å²) >= 11 is 1.35. The maximum Gasteiger partial charge on any atom is 0.338 e. The van der Waals surface area contributed by atoms with Crippen LogP contribution in [-0.4, -0.2) is 22.2 Å². The summed E-state index contributed by atoms with van der Waals surface area (Å²) < 4.78 is 9.58. The van der Waals surface area contributed by atoms with Crippen LogP contribution in [0.1, 0.15) is 41.9 Å². The van der Waals surface area contributed by atoms with Crippen molar-refractivity contribution in [1.82, 2.24) is 9.13 Å². The van der Waals surface area contributed by atoms with E-state index in [1.165, 1.54) is 29.2 Å². The number of fused-ring (bicyclic) bond motifs is 2. The van der Waals surface area contributed by atoms with E-state index in [4.69, 9.17) is 9.73 Å². The van der Waals surface area contributed by atoms with Crippen molar-refractivity contribution in [3.05, 3.63) is 132 Å². The summed E-state index contributed by atoms with van der Waals surface area (Å²) in [7, 11) is 1.36. The number of benzene rings is 3. The highest BCUT2D eigenvalue weighted by Crippen LogP contribution is 2.32. The average Bonchev–Trinajstić information content (AvgIpc) is 3.45. The maximum atomic E-state index is 14.0. The van der Waals surface area contributed by atoms with Gasteiger partial charge < -0.3 is 9.30 Å². The third-order valence-corrected chi connectivity index (χ3v) is 8.50. The molecule has 40 heavy (non-hydrogen) atoms. The van der Waals surface area contributed by atoms with E-state index in [0.29, 0.717) is 27.0 Å². The zero-order chi connectivity index (χ0) is 28.0. The second-order valence-corrected chi connectivity index (χ2v) is 10.9. The summed E-state index contributed by atoms with van der Waals surface area (Å²) in [6.45, 7) is 6.11. The van der Waals surface area contributed by atoms with E-state index in [1.54, 1.807) is 4.57 Å². The van der Waals surface area contributed by atoms with E-state index >= 15 is 0 Å². The van der Waals surface area contributed by atoms with Crippen molar-refractivity contribution in [2.75, 3.05) is 7.11 Å². The second kappa shape index (κ2) is 10.2. The van der Waals surface area contributed by atoms with Crippen LogP contribution < -0.4 is 14.9 Å². The first kappa shape index (κ1) is 25.8. The lowest BCUT2D eigenvalue weighted by Gasteiger charge is -2.25. The molecule has 0 N–H and O–H groups in total. The molecule has 3 heterocycles. The van der Waals surface area contributed by atoms with Crippen LogP contribution in [0.5, 0.6) is 0 Å². The number of ether oxygens (including phenoxy) is 1. The van der Waals surface area contributed by atoms with Crippen LogP contribution in [-0.2, 0) is 9.53 Å². The minimum Gasteiger partial charge on any atom is -0.466 e. The molecule has 6 nitrogen and oxygen atoms in total. The summed E-state index contributed by atoms with van der Waals surface area (Å²) in [6, 6.07) is 25.9. The molecule has 0 saturated carbocycles. The van der Waals surface area contributed by atoms with Crippen molar-refractivity contribution in [3.8, 4) is 5.69 Å². The van der Waals surface area contributed by atoms with Crippen LogP contribution in [0.2, 0.25) is 0 Å². The van der Waals surface area contributed by atoms with Gasteiger partial charge in [0.1, 0.15) is 0 Å². The Balaban J connectivity index is 1.52. The zero-order valence-electron chi connectivity index (χ0n) is 22.8. The van der Waals surface area contributed by atoms with Crippen molar-refractivity contribution in [2.45, 2.75) is 33.2 Å². The number of thiazole rings is 1. The Bertz CT molecular complexity index is 1990. The summed E-state index contributed by atoms with van der Waals surface area (Å²) in [5.74, 6) is -0.470. The van der Waals surface area contributed by atoms with Crippen molar-refractivity contribution in [2.24, 2.45) is 4.99 Å². The summed E-state index contributed by atoms with van der Waals surface area (Å²) in [5.41, 5.74) is 5.88. The smallest absolute Gasteiger partial charge is 0.338 e. The van der Waals surface area contributed by atoms with E-state index < -0.39 is 12.0 Å². The number of methoxy groups -OCH3 is 1. The van der Waals surface area contributed by atoms with E-state index in [2.05, 4.69) is 54.8 Å². The Kier molecular flexibility index (Phi) is 6.60. The zero-order valence-corrected chi connectivity index (χ0v) is 23.7. The quantitative estimate of drug-likeness (QED) is 0.278. The lowest BCUT2D eigenvalue weighted by atomic mass is 9.95. The molecule has 6 rings (SSSR count). The fourth-order valence-corrected chi connectivity index (χ4v) is 6.61. The molecule has 0 radical (unpaired) electrons. The number of nitrogens with zero attached hydrogens (tertiary/aromatic N) is 3. The average molecular weight is 548 g/mol. The highest BCUT2D eigenvalue weighted by Gasteiger charge is 2.33. The molecule has 7 heteroatoms. The van der Waals surface area contributed by atoms with Crippen LogP contribution in [0.3, 0.4) is 0 Å². The Labute approximate surface area is 235 Å². The van der Waals surface area contributed by atoms with Gasteiger partial charge in [-0.25, -0.2) is 9.79 Å². The van der Waals surface area contributed by atoms with Crippen LogP contribution in [0, 0.1) is 13.8 Å². The molecule has 200 valence electrons. The first-order chi connectivity index (χ1) is 19.4.